The molecule has 3 heteroatoms. The minimum atomic E-state index is -0.816. The van der Waals surface area contributed by atoms with Gasteiger partial charge < -0.3 is 9.84 Å². The Morgan fingerprint density at radius 3 is 2.48 bits per heavy atom. The molecule has 0 radical (unpaired) electrons. The van der Waals surface area contributed by atoms with Gasteiger partial charge in [0.15, 0.2) is 0 Å². The molecule has 3 nitrogen and oxygen atoms in total. The third-order valence-corrected chi connectivity index (χ3v) is 2.89. The monoisotopic (exact) mass is 288 g/mol. The molecule has 0 saturated carbocycles. The van der Waals surface area contributed by atoms with E-state index in [2.05, 4.69) is 32.6 Å². The number of carboxylic acid groups (broad SMARTS) is 1. The lowest BCUT2D eigenvalue weighted by Gasteiger charge is -2.17. The summed E-state index contributed by atoms with van der Waals surface area (Å²) in [6, 6.07) is 7.59. The highest BCUT2D eigenvalue weighted by molar-refractivity contribution is 5.67. The van der Waals surface area contributed by atoms with Crippen LogP contribution in [0.2, 0.25) is 0 Å². The van der Waals surface area contributed by atoms with E-state index < -0.39 is 5.97 Å². The molecule has 1 rings (SSSR count). The van der Waals surface area contributed by atoms with Gasteiger partial charge in [-0.2, -0.15) is 0 Å². The zero-order valence-electron chi connectivity index (χ0n) is 13.1. The molecule has 1 aromatic rings. The number of hydrogen-bond donors (Lipinski definition) is 1. The SMILES string of the molecule is CC(C)(C)CCCOc1ccc(C#CCCC(=O)O)cc1. The number of hydrogen-bond acceptors (Lipinski definition) is 2. The Bertz CT molecular complexity index is 498. The van der Waals surface area contributed by atoms with E-state index in [1.807, 2.05) is 24.3 Å². The summed E-state index contributed by atoms with van der Waals surface area (Å²) in [7, 11) is 0. The van der Waals surface area contributed by atoms with Crippen molar-refractivity contribution in [2.45, 2.75) is 46.5 Å². The van der Waals surface area contributed by atoms with Crippen molar-refractivity contribution in [3.63, 3.8) is 0 Å². The number of carbonyl (C=O) groups is 1. The number of aliphatic carboxylic acids is 1. The highest BCUT2D eigenvalue weighted by Crippen LogP contribution is 2.21. The maximum absolute atomic E-state index is 10.4. The fourth-order valence-electron chi connectivity index (χ4n) is 1.76. The molecular weight excluding hydrogens is 264 g/mol. The molecule has 21 heavy (non-hydrogen) atoms. The van der Waals surface area contributed by atoms with Gasteiger partial charge in [-0.15, -0.1) is 0 Å². The summed E-state index contributed by atoms with van der Waals surface area (Å²) in [4.78, 5) is 10.4. The lowest BCUT2D eigenvalue weighted by atomic mass is 9.91. The van der Waals surface area contributed by atoms with Gasteiger partial charge in [0.2, 0.25) is 0 Å². The molecule has 0 fully saturated rings. The van der Waals surface area contributed by atoms with Crippen LogP contribution in [0.5, 0.6) is 5.75 Å². The lowest BCUT2D eigenvalue weighted by molar-refractivity contribution is -0.136. The Balaban J connectivity index is 2.35. The maximum atomic E-state index is 10.4. The first-order chi connectivity index (χ1) is 9.87. The molecule has 1 N–H and O–H groups in total. The third-order valence-electron chi connectivity index (χ3n) is 2.89. The van der Waals surface area contributed by atoms with E-state index in [9.17, 15) is 4.79 Å². The summed E-state index contributed by atoms with van der Waals surface area (Å²) in [6.07, 6.45) is 2.64. The highest BCUT2D eigenvalue weighted by atomic mass is 16.5. The van der Waals surface area contributed by atoms with Crippen molar-refractivity contribution in [1.29, 1.82) is 0 Å². The Kier molecular flexibility index (Phi) is 6.81. The van der Waals surface area contributed by atoms with Crippen molar-refractivity contribution in [3.8, 4) is 17.6 Å². The molecule has 0 atom stereocenters. The average Bonchev–Trinajstić information content (AvgIpc) is 2.40. The van der Waals surface area contributed by atoms with E-state index in [0.29, 0.717) is 11.8 Å². The minimum absolute atomic E-state index is 0.0853. The van der Waals surface area contributed by atoms with E-state index >= 15 is 0 Å². The Hall–Kier alpha value is -1.95. The Morgan fingerprint density at radius 1 is 1.24 bits per heavy atom. The molecule has 0 unspecified atom stereocenters. The summed E-state index contributed by atoms with van der Waals surface area (Å²) in [5.74, 6) is 5.83. The summed E-state index contributed by atoms with van der Waals surface area (Å²) >= 11 is 0. The Morgan fingerprint density at radius 2 is 1.90 bits per heavy atom. The molecule has 0 aliphatic heterocycles. The van der Waals surface area contributed by atoms with E-state index in [0.717, 1.165) is 30.8 Å². The van der Waals surface area contributed by atoms with Gasteiger partial charge in [-0.25, -0.2) is 0 Å². The highest BCUT2D eigenvalue weighted by Gasteiger charge is 2.09. The molecule has 0 saturated heterocycles. The first-order valence-corrected chi connectivity index (χ1v) is 7.30. The molecule has 0 heterocycles. The van der Waals surface area contributed by atoms with Crippen molar-refractivity contribution in [1.82, 2.24) is 0 Å². The van der Waals surface area contributed by atoms with Gasteiger partial charge >= 0.3 is 5.97 Å². The van der Waals surface area contributed by atoms with Crippen LogP contribution in [0.25, 0.3) is 0 Å². The van der Waals surface area contributed by atoms with Crippen LogP contribution in [0.3, 0.4) is 0 Å². The third kappa shape index (κ3) is 8.75. The van der Waals surface area contributed by atoms with Crippen LogP contribution in [0.1, 0.15) is 52.0 Å². The van der Waals surface area contributed by atoms with Crippen LogP contribution in [0.15, 0.2) is 24.3 Å². The first-order valence-electron chi connectivity index (χ1n) is 7.30. The van der Waals surface area contributed by atoms with Crippen molar-refractivity contribution < 1.29 is 14.6 Å². The first kappa shape index (κ1) is 17.1. The van der Waals surface area contributed by atoms with Crippen LogP contribution in [-0.2, 0) is 4.79 Å². The summed E-state index contributed by atoms with van der Waals surface area (Å²) < 4.78 is 5.69. The fraction of sp³-hybridized carbons (Fsp3) is 0.500. The second kappa shape index (κ2) is 8.36. The predicted octanol–water partition coefficient (Wildman–Crippen LogP) is 4.11. The standard InChI is InChI=1S/C18H24O3/c1-18(2,3)13-6-14-21-16-11-9-15(10-12-16)7-4-5-8-17(19)20/h9-12H,5-6,8,13-14H2,1-3H3,(H,19,20). The van der Waals surface area contributed by atoms with Gasteiger partial charge in [0.05, 0.1) is 13.0 Å². The van der Waals surface area contributed by atoms with Crippen LogP contribution < -0.4 is 4.74 Å². The normalized spacial score (nSPS) is 10.6. The number of rotatable bonds is 6. The predicted molar refractivity (Wildman–Crippen MR) is 84.4 cm³/mol. The molecule has 114 valence electrons. The molecule has 1 aromatic carbocycles. The van der Waals surface area contributed by atoms with E-state index in [1.54, 1.807) is 0 Å². The van der Waals surface area contributed by atoms with Crippen LogP contribution in [0, 0.1) is 17.3 Å². The summed E-state index contributed by atoms with van der Waals surface area (Å²) in [6.45, 7) is 7.40. The van der Waals surface area contributed by atoms with Gasteiger partial charge in [0.25, 0.3) is 0 Å². The lowest BCUT2D eigenvalue weighted by Crippen LogP contribution is -2.07. The van der Waals surface area contributed by atoms with Crippen LogP contribution in [0.4, 0.5) is 0 Å². The number of benzene rings is 1. The van der Waals surface area contributed by atoms with Crippen LogP contribution in [-0.4, -0.2) is 17.7 Å². The van der Waals surface area contributed by atoms with Gasteiger partial charge in [0, 0.05) is 12.0 Å². The minimum Gasteiger partial charge on any atom is -0.494 e. The fourth-order valence-corrected chi connectivity index (χ4v) is 1.76. The number of carboxylic acids is 1. The zero-order chi connectivity index (χ0) is 15.7. The topological polar surface area (TPSA) is 46.5 Å². The van der Waals surface area contributed by atoms with Crippen molar-refractivity contribution in [3.05, 3.63) is 29.8 Å². The van der Waals surface area contributed by atoms with E-state index in [-0.39, 0.29) is 6.42 Å². The molecular formula is C18H24O3. The molecule has 0 aromatic heterocycles. The zero-order valence-corrected chi connectivity index (χ0v) is 13.1. The smallest absolute Gasteiger partial charge is 0.304 e. The van der Waals surface area contributed by atoms with Gasteiger partial charge in [-0.3, -0.25) is 4.79 Å². The molecule has 0 aliphatic rings. The quantitative estimate of drug-likeness (QED) is 0.633. The van der Waals surface area contributed by atoms with Gasteiger partial charge in [-0.1, -0.05) is 32.6 Å². The Labute approximate surface area is 127 Å². The molecule has 0 aliphatic carbocycles. The van der Waals surface area contributed by atoms with Gasteiger partial charge in [0.1, 0.15) is 5.75 Å². The average molecular weight is 288 g/mol. The number of ether oxygens (including phenoxy) is 1. The maximum Gasteiger partial charge on any atom is 0.304 e. The van der Waals surface area contributed by atoms with Crippen molar-refractivity contribution >= 4 is 5.97 Å². The van der Waals surface area contributed by atoms with Crippen molar-refractivity contribution in [2.75, 3.05) is 6.61 Å². The summed E-state index contributed by atoms with van der Waals surface area (Å²) in [5.41, 5.74) is 1.22. The molecule has 0 amide bonds. The largest absolute Gasteiger partial charge is 0.494 e. The molecule has 0 spiro atoms. The summed E-state index contributed by atoms with van der Waals surface area (Å²) in [5, 5.41) is 8.52. The van der Waals surface area contributed by atoms with E-state index in [1.165, 1.54) is 0 Å². The second-order valence-electron chi connectivity index (χ2n) is 6.23. The van der Waals surface area contributed by atoms with E-state index in [4.69, 9.17) is 9.84 Å². The van der Waals surface area contributed by atoms with Crippen LogP contribution >= 0.6 is 0 Å². The second-order valence-corrected chi connectivity index (χ2v) is 6.23. The molecule has 0 bridgehead atoms. The van der Waals surface area contributed by atoms with Crippen molar-refractivity contribution in [2.24, 2.45) is 5.41 Å². The van der Waals surface area contributed by atoms with Gasteiger partial charge in [-0.05, 0) is 42.5 Å².